The Hall–Kier alpha value is -3.14. The van der Waals surface area contributed by atoms with Gasteiger partial charge in [0.2, 0.25) is 0 Å². The molecule has 0 saturated heterocycles. The highest BCUT2D eigenvalue weighted by molar-refractivity contribution is 8.76. The second-order valence-corrected chi connectivity index (χ2v) is 17.2. The lowest BCUT2D eigenvalue weighted by Gasteiger charge is -2.33. The molecule has 14 heteroatoms. The number of allylic oxidation sites excluding steroid dienone is 2. The van der Waals surface area contributed by atoms with E-state index in [1.807, 2.05) is 37.4 Å². The van der Waals surface area contributed by atoms with E-state index in [-0.39, 0.29) is 35.7 Å². The van der Waals surface area contributed by atoms with Crippen molar-refractivity contribution in [1.29, 1.82) is 0 Å². The van der Waals surface area contributed by atoms with Crippen molar-refractivity contribution in [1.82, 2.24) is 10.6 Å². The van der Waals surface area contributed by atoms with Gasteiger partial charge in [-0.2, -0.15) is 0 Å². The molecule has 0 aromatic heterocycles. The number of phenols is 2. The lowest BCUT2D eigenvalue weighted by molar-refractivity contribution is -0.125. The van der Waals surface area contributed by atoms with Crippen LogP contribution in [-0.2, 0) is 22.4 Å². The number of methoxy groups -OCH3 is 1. The number of rotatable bonds is 13. The molecule has 3 aliphatic rings. The number of hydrogen-bond acceptors (Lipinski definition) is 12. The number of nitrogens with zero attached hydrogens (tertiary/aromatic N) is 1. The highest BCUT2D eigenvalue weighted by Gasteiger charge is 2.47. The Morgan fingerprint density at radius 2 is 1.98 bits per heavy atom. The summed E-state index contributed by atoms with van der Waals surface area (Å²) in [4.78, 5) is 18.7. The zero-order valence-electron chi connectivity index (χ0n) is 31.8. The van der Waals surface area contributed by atoms with E-state index in [1.165, 1.54) is 7.11 Å². The summed E-state index contributed by atoms with van der Waals surface area (Å²) in [6.07, 6.45) is 10.6. The maximum absolute atomic E-state index is 14.3. The van der Waals surface area contributed by atoms with Crippen LogP contribution in [0.15, 0.2) is 47.5 Å². The maximum Gasteiger partial charge on any atom is 0.196 e. The van der Waals surface area contributed by atoms with Crippen molar-refractivity contribution in [3.63, 3.8) is 0 Å². The van der Waals surface area contributed by atoms with E-state index in [0.29, 0.717) is 80.7 Å². The number of ether oxygens (including phenoxy) is 3. The van der Waals surface area contributed by atoms with Gasteiger partial charge in [-0.05, 0) is 118 Å². The van der Waals surface area contributed by atoms with Crippen molar-refractivity contribution < 1.29 is 39.4 Å². The van der Waals surface area contributed by atoms with Gasteiger partial charge < -0.3 is 50.6 Å². The Bertz CT molecular complexity index is 1610. The summed E-state index contributed by atoms with van der Waals surface area (Å²) in [5.74, 6) is 3.21. The molecule has 2 aliphatic carbocycles. The number of aliphatic imine (C=N–C) groups is 1. The summed E-state index contributed by atoms with van der Waals surface area (Å²) in [7, 11) is 8.51. The van der Waals surface area contributed by atoms with Gasteiger partial charge in [-0.15, -0.1) is 0 Å². The average Bonchev–Trinajstić information content (AvgIpc) is 3.75. The van der Waals surface area contributed by atoms with Crippen molar-refractivity contribution in [2.24, 2.45) is 22.2 Å². The van der Waals surface area contributed by atoms with Crippen LogP contribution in [-0.4, -0.2) is 96.7 Å². The molecule has 1 heterocycles. The molecule has 2 bridgehead atoms. The van der Waals surface area contributed by atoms with Crippen molar-refractivity contribution >= 4 is 39.0 Å². The smallest absolute Gasteiger partial charge is 0.196 e. The maximum atomic E-state index is 14.3. The molecule has 298 valence electrons. The average molecular weight is 787 g/mol. The molecule has 7 N–H and O–H groups in total. The van der Waals surface area contributed by atoms with Crippen molar-refractivity contribution in [2.75, 3.05) is 57.9 Å². The summed E-state index contributed by atoms with van der Waals surface area (Å²) in [6, 6.07) is 9.16. The molecule has 5 unspecified atom stereocenters. The summed E-state index contributed by atoms with van der Waals surface area (Å²) < 4.78 is 17.7. The van der Waals surface area contributed by atoms with Gasteiger partial charge in [0.25, 0.3) is 0 Å². The number of benzene rings is 2. The van der Waals surface area contributed by atoms with E-state index in [1.54, 1.807) is 40.8 Å². The fraction of sp³-hybridized carbons (Fsp3) is 0.600. The standard InChI is InChI=1S/C40H58N4O8S2/c1-41-25-39(15-13-29(22-39)21-36(48)51-17-7-16-45)52-34-19-27-8-4-5-10-35(47)40(23-28-11-12-32(46)33(20-28)50-3)14-6-9-30(40)24-53-54-26-43-38(42-2)44-31(18-27)37(34)49/h5,10-12,18-20,29-30,36,41,45-46,48-49H,4,6-9,13-17,21-26H2,1-3H3,(H2,42,43,44). The number of phenolic OH excluding ortho intramolecular Hbond substituents is 2. The molecule has 5 atom stereocenters. The van der Waals surface area contributed by atoms with E-state index >= 15 is 0 Å². The van der Waals surface area contributed by atoms with E-state index in [9.17, 15) is 20.1 Å². The molecule has 12 nitrogen and oxygen atoms in total. The number of aliphatic hydroxyl groups excluding tert-OH is 2. The van der Waals surface area contributed by atoms with Crippen molar-refractivity contribution in [3.8, 4) is 23.0 Å². The summed E-state index contributed by atoms with van der Waals surface area (Å²) in [5, 5.41) is 51.3. The number of nitrogens with one attached hydrogen (secondary N) is 3. The first-order valence-corrected chi connectivity index (χ1v) is 21.5. The molecule has 0 amide bonds. The van der Waals surface area contributed by atoms with Gasteiger partial charge in [-0.3, -0.25) is 9.79 Å². The van der Waals surface area contributed by atoms with Crippen molar-refractivity contribution in [3.05, 3.63) is 53.6 Å². The molecule has 54 heavy (non-hydrogen) atoms. The fourth-order valence-electron chi connectivity index (χ4n) is 8.27. The Morgan fingerprint density at radius 3 is 2.76 bits per heavy atom. The van der Waals surface area contributed by atoms with Crippen LogP contribution >= 0.6 is 21.6 Å². The minimum atomic E-state index is -0.911. The fourth-order valence-corrected chi connectivity index (χ4v) is 10.5. The van der Waals surface area contributed by atoms with E-state index in [0.717, 1.165) is 49.0 Å². The normalized spacial score (nSPS) is 26.5. The second kappa shape index (κ2) is 20.1. The van der Waals surface area contributed by atoms with Crippen LogP contribution in [0.3, 0.4) is 0 Å². The Kier molecular flexibility index (Phi) is 15.7. The molecule has 0 spiro atoms. The predicted octanol–water partition coefficient (Wildman–Crippen LogP) is 5.78. The molecular weight excluding hydrogens is 729 g/mol. The number of aliphatic hydroxyl groups is 2. The van der Waals surface area contributed by atoms with Gasteiger partial charge in [0.15, 0.2) is 41.0 Å². The van der Waals surface area contributed by atoms with Gasteiger partial charge in [0, 0.05) is 37.8 Å². The molecule has 2 fully saturated rings. The molecule has 1 aliphatic heterocycles. The number of aromatic hydroxyl groups is 2. The third kappa shape index (κ3) is 10.8. The largest absolute Gasteiger partial charge is 0.504 e. The summed E-state index contributed by atoms with van der Waals surface area (Å²) in [5.41, 5.74) is 1.20. The number of carbonyl (C=O) groups excluding carboxylic acids is 1. The van der Waals surface area contributed by atoms with E-state index in [2.05, 4.69) is 20.9 Å². The van der Waals surface area contributed by atoms with Crippen molar-refractivity contribution in [2.45, 2.75) is 82.5 Å². The zero-order valence-corrected chi connectivity index (χ0v) is 33.4. The summed E-state index contributed by atoms with van der Waals surface area (Å²) >= 11 is 0. The third-order valence-electron chi connectivity index (χ3n) is 11.0. The van der Waals surface area contributed by atoms with Crippen LogP contribution in [0.5, 0.6) is 23.0 Å². The first-order chi connectivity index (χ1) is 26.1. The van der Waals surface area contributed by atoms with Gasteiger partial charge in [-0.25, -0.2) is 0 Å². The summed E-state index contributed by atoms with van der Waals surface area (Å²) in [6.45, 7) is 0.872. The third-order valence-corrected chi connectivity index (χ3v) is 13.2. The lowest BCUT2D eigenvalue weighted by atomic mass is 9.70. The monoisotopic (exact) mass is 786 g/mol. The number of carbonyl (C=O) groups is 1. The Labute approximate surface area is 327 Å². The number of fused-ring (bicyclic) bond motifs is 3. The molecule has 2 aromatic rings. The number of hydrogen-bond donors (Lipinski definition) is 7. The first-order valence-electron chi connectivity index (χ1n) is 19.0. The second-order valence-electron chi connectivity index (χ2n) is 14.7. The van der Waals surface area contributed by atoms with Crippen LogP contribution in [0.4, 0.5) is 5.69 Å². The predicted molar refractivity (Wildman–Crippen MR) is 217 cm³/mol. The van der Waals surface area contributed by atoms with Gasteiger partial charge in [0.05, 0.1) is 25.3 Å². The van der Waals surface area contributed by atoms with Crippen LogP contribution in [0.1, 0.15) is 68.9 Å². The van der Waals surface area contributed by atoms with Gasteiger partial charge >= 0.3 is 0 Å². The number of aryl methyl sites for hydroxylation is 1. The quantitative estimate of drug-likeness (QED) is 0.0565. The zero-order chi connectivity index (χ0) is 38.6. The number of likely N-dealkylation sites (N-methyl/N-ethyl adjacent to an activating group) is 1. The van der Waals surface area contributed by atoms with Gasteiger partial charge in [-0.1, -0.05) is 40.2 Å². The minimum Gasteiger partial charge on any atom is -0.504 e. The highest BCUT2D eigenvalue weighted by Crippen LogP contribution is 2.50. The van der Waals surface area contributed by atoms with Gasteiger partial charge in [0.1, 0.15) is 5.60 Å². The minimum absolute atomic E-state index is 0.0145. The number of guanidine groups is 1. The number of anilines is 1. The SMILES string of the molecule is CN=C1NCSSCC2CCCC2(Cc2ccc(O)c(OC)c2)C(=O)C=CCCc2cc(c(O)c(OC3(CNC)CCC(CC(O)OCCCO)C3)c2)N1. The first kappa shape index (κ1) is 42.0. The lowest BCUT2D eigenvalue weighted by Crippen LogP contribution is -2.43. The molecule has 5 rings (SSSR count). The Balaban J connectivity index is 1.39. The topological polar surface area (TPSA) is 174 Å². The molecular formula is C40H58N4O8S2. The highest BCUT2D eigenvalue weighted by atomic mass is 33.1. The van der Waals surface area contributed by atoms with Crippen LogP contribution < -0.4 is 25.4 Å². The molecule has 2 aromatic carbocycles. The van der Waals surface area contributed by atoms with Crippen LogP contribution in [0.25, 0.3) is 0 Å². The van der Waals surface area contributed by atoms with Crippen LogP contribution in [0, 0.1) is 17.3 Å². The van der Waals surface area contributed by atoms with E-state index in [4.69, 9.17) is 19.3 Å². The molecule has 0 radical (unpaired) electrons. The van der Waals surface area contributed by atoms with Crippen LogP contribution in [0.2, 0.25) is 0 Å². The number of ketones is 1. The van der Waals surface area contributed by atoms with E-state index < -0.39 is 17.3 Å². The Morgan fingerprint density at radius 1 is 1.13 bits per heavy atom. The molecule has 2 saturated carbocycles.